The number of nitriles is 1. The number of rotatable bonds is 2. The second-order valence-electron chi connectivity index (χ2n) is 5.28. The smallest absolute Gasteiger partial charge is 0.416 e. The predicted molar refractivity (Wildman–Crippen MR) is 78.7 cm³/mol. The molecule has 24 heavy (non-hydrogen) atoms. The van der Waals surface area contributed by atoms with Gasteiger partial charge in [0.1, 0.15) is 11.6 Å². The Balaban J connectivity index is 2.31. The Kier molecular flexibility index (Phi) is 3.72. The van der Waals surface area contributed by atoms with Crippen LogP contribution in [0.15, 0.2) is 35.7 Å². The molecule has 1 aromatic heterocycles. The second kappa shape index (κ2) is 5.60. The minimum atomic E-state index is -4.56. The molecule has 0 bridgehead atoms. The highest BCUT2D eigenvalue weighted by Crippen LogP contribution is 2.46. The molecule has 3 rings (SSSR count). The van der Waals surface area contributed by atoms with E-state index in [0.29, 0.717) is 17.7 Å². The predicted octanol–water partition coefficient (Wildman–Crippen LogP) is 3.21. The van der Waals surface area contributed by atoms with Crippen LogP contribution >= 0.6 is 0 Å². The first-order valence-electron chi connectivity index (χ1n) is 7.19. The van der Waals surface area contributed by atoms with E-state index in [1.54, 1.807) is 0 Å². The van der Waals surface area contributed by atoms with E-state index in [9.17, 15) is 18.4 Å². The number of hydrogen-bond donors (Lipinski definition) is 2. The summed E-state index contributed by atoms with van der Waals surface area (Å²) in [5.41, 5.74) is 5.84. The van der Waals surface area contributed by atoms with Gasteiger partial charge >= 0.3 is 6.18 Å². The highest BCUT2D eigenvalue weighted by atomic mass is 19.4. The molecule has 0 saturated carbocycles. The van der Waals surface area contributed by atoms with E-state index in [1.165, 1.54) is 18.2 Å². The number of halogens is 3. The highest BCUT2D eigenvalue weighted by Gasteiger charge is 2.41. The van der Waals surface area contributed by atoms with E-state index in [-0.39, 0.29) is 22.9 Å². The molecule has 5 nitrogen and oxygen atoms in total. The first-order chi connectivity index (χ1) is 11.4. The number of benzene rings is 1. The Hall–Kier alpha value is -2.95. The number of nitrogens with two attached hydrogens (primary N) is 1. The molecule has 0 fully saturated rings. The summed E-state index contributed by atoms with van der Waals surface area (Å²) in [6.45, 7) is 1.83. The number of H-pyrrole nitrogens is 1. The number of nitrogens with zero attached hydrogens (tertiary/aromatic N) is 2. The van der Waals surface area contributed by atoms with Crippen molar-refractivity contribution in [3.63, 3.8) is 0 Å². The van der Waals surface area contributed by atoms with Gasteiger partial charge in [0.25, 0.3) is 0 Å². The highest BCUT2D eigenvalue weighted by molar-refractivity contribution is 5.57. The van der Waals surface area contributed by atoms with Crippen LogP contribution in [0.25, 0.3) is 0 Å². The lowest BCUT2D eigenvalue weighted by molar-refractivity contribution is -0.138. The van der Waals surface area contributed by atoms with Gasteiger partial charge < -0.3 is 10.5 Å². The van der Waals surface area contributed by atoms with Crippen LogP contribution in [0.4, 0.5) is 13.2 Å². The van der Waals surface area contributed by atoms with Crippen molar-refractivity contribution in [1.82, 2.24) is 10.2 Å². The zero-order valence-corrected chi connectivity index (χ0v) is 12.6. The Morgan fingerprint density at radius 2 is 2.08 bits per heavy atom. The molecule has 0 saturated heterocycles. The summed E-state index contributed by atoms with van der Waals surface area (Å²) < 4.78 is 45.6. The first kappa shape index (κ1) is 15.9. The SMILES string of the molecule is CCc1[nH]nc2c1[C@@H](c1ccccc1C(F)(F)F)C(C#N)=C(N)O2. The van der Waals surface area contributed by atoms with Crippen LogP contribution in [-0.4, -0.2) is 10.2 Å². The molecule has 2 aromatic rings. The van der Waals surface area contributed by atoms with Gasteiger partial charge in [-0.2, -0.15) is 18.4 Å². The van der Waals surface area contributed by atoms with Crippen LogP contribution in [0, 0.1) is 11.3 Å². The van der Waals surface area contributed by atoms with Crippen LogP contribution in [0.1, 0.15) is 35.2 Å². The molecule has 0 amide bonds. The Morgan fingerprint density at radius 3 is 2.71 bits per heavy atom. The number of aromatic nitrogens is 2. The monoisotopic (exact) mass is 334 g/mol. The summed E-state index contributed by atoms with van der Waals surface area (Å²) in [7, 11) is 0. The topological polar surface area (TPSA) is 87.7 Å². The number of hydrogen-bond acceptors (Lipinski definition) is 4. The summed E-state index contributed by atoms with van der Waals surface area (Å²) in [5.74, 6) is -1.11. The number of nitrogens with one attached hydrogen (secondary N) is 1. The summed E-state index contributed by atoms with van der Waals surface area (Å²) in [6, 6.07) is 7.02. The molecule has 3 N–H and O–H groups in total. The van der Waals surface area contributed by atoms with Crippen LogP contribution in [0.2, 0.25) is 0 Å². The van der Waals surface area contributed by atoms with E-state index in [0.717, 1.165) is 6.07 Å². The van der Waals surface area contributed by atoms with Crippen molar-refractivity contribution >= 4 is 0 Å². The lowest BCUT2D eigenvalue weighted by Crippen LogP contribution is -2.23. The van der Waals surface area contributed by atoms with Gasteiger partial charge in [-0.15, -0.1) is 5.10 Å². The fourth-order valence-electron chi connectivity index (χ4n) is 2.90. The maximum atomic E-state index is 13.4. The third kappa shape index (κ3) is 2.38. The minimum Gasteiger partial charge on any atom is -0.420 e. The second-order valence-corrected chi connectivity index (χ2v) is 5.28. The zero-order valence-electron chi connectivity index (χ0n) is 12.6. The summed E-state index contributed by atoms with van der Waals surface area (Å²) >= 11 is 0. The van der Waals surface area contributed by atoms with Crippen molar-refractivity contribution in [3.8, 4) is 11.9 Å². The number of allylic oxidation sites excluding steroid dienone is 1. The minimum absolute atomic E-state index is 0.0508. The maximum absolute atomic E-state index is 13.4. The summed E-state index contributed by atoms with van der Waals surface area (Å²) in [5, 5.41) is 16.1. The molecular formula is C16H13F3N4O. The first-order valence-corrected chi connectivity index (χ1v) is 7.19. The van der Waals surface area contributed by atoms with Gasteiger partial charge in [-0.3, -0.25) is 5.10 Å². The Labute approximate surface area is 135 Å². The standard InChI is InChI=1S/C16H13F3N4O/c1-2-11-13-12(8-5-3-4-6-10(8)16(17,18)19)9(7-20)14(21)24-15(13)23-22-11/h3-6,12H,2,21H2,1H3,(H,22,23)/t12-/m0/s1. The lowest BCUT2D eigenvalue weighted by Gasteiger charge is -2.26. The third-order valence-electron chi connectivity index (χ3n) is 3.95. The quantitative estimate of drug-likeness (QED) is 0.883. The van der Waals surface area contributed by atoms with Gasteiger partial charge in [-0.25, -0.2) is 0 Å². The molecule has 1 atom stereocenters. The molecule has 0 aliphatic carbocycles. The Morgan fingerprint density at radius 1 is 1.38 bits per heavy atom. The zero-order chi connectivity index (χ0) is 17.5. The molecule has 0 spiro atoms. The number of alkyl halides is 3. The van der Waals surface area contributed by atoms with E-state index in [1.807, 2.05) is 13.0 Å². The normalized spacial score (nSPS) is 17.2. The molecular weight excluding hydrogens is 321 g/mol. The van der Waals surface area contributed by atoms with Crippen molar-refractivity contribution in [1.29, 1.82) is 5.26 Å². The van der Waals surface area contributed by atoms with Crippen molar-refractivity contribution in [3.05, 3.63) is 58.1 Å². The molecule has 8 heteroatoms. The fraction of sp³-hybridized carbons (Fsp3) is 0.250. The number of fused-ring (bicyclic) bond motifs is 1. The fourth-order valence-corrected chi connectivity index (χ4v) is 2.90. The number of aryl methyl sites for hydroxylation is 1. The molecule has 2 heterocycles. The van der Waals surface area contributed by atoms with Crippen molar-refractivity contribution < 1.29 is 17.9 Å². The van der Waals surface area contributed by atoms with Crippen molar-refractivity contribution in [2.24, 2.45) is 5.73 Å². The summed E-state index contributed by atoms with van der Waals surface area (Å²) in [6.07, 6.45) is -4.06. The van der Waals surface area contributed by atoms with E-state index < -0.39 is 17.7 Å². The molecule has 124 valence electrons. The van der Waals surface area contributed by atoms with E-state index in [4.69, 9.17) is 10.5 Å². The van der Waals surface area contributed by atoms with Crippen LogP contribution in [0.5, 0.6) is 5.88 Å². The van der Waals surface area contributed by atoms with Crippen LogP contribution in [0.3, 0.4) is 0 Å². The van der Waals surface area contributed by atoms with Gasteiger partial charge in [-0.05, 0) is 18.1 Å². The lowest BCUT2D eigenvalue weighted by atomic mass is 9.81. The van der Waals surface area contributed by atoms with Gasteiger partial charge in [-0.1, -0.05) is 25.1 Å². The van der Waals surface area contributed by atoms with Crippen molar-refractivity contribution in [2.75, 3.05) is 0 Å². The summed E-state index contributed by atoms with van der Waals surface area (Å²) in [4.78, 5) is 0. The van der Waals surface area contributed by atoms with Crippen LogP contribution in [-0.2, 0) is 12.6 Å². The Bertz CT molecular complexity index is 861. The average molecular weight is 334 g/mol. The third-order valence-corrected chi connectivity index (χ3v) is 3.95. The van der Waals surface area contributed by atoms with E-state index in [2.05, 4.69) is 10.2 Å². The molecule has 0 unspecified atom stereocenters. The number of aromatic amines is 1. The van der Waals surface area contributed by atoms with Crippen molar-refractivity contribution in [2.45, 2.75) is 25.4 Å². The maximum Gasteiger partial charge on any atom is 0.416 e. The van der Waals surface area contributed by atoms with Gasteiger partial charge in [0.15, 0.2) is 0 Å². The van der Waals surface area contributed by atoms with Gasteiger partial charge in [0.05, 0.1) is 11.5 Å². The van der Waals surface area contributed by atoms with Crippen LogP contribution < -0.4 is 10.5 Å². The van der Waals surface area contributed by atoms with Gasteiger partial charge in [0, 0.05) is 11.3 Å². The average Bonchev–Trinajstić information content (AvgIpc) is 2.95. The largest absolute Gasteiger partial charge is 0.420 e. The molecule has 1 aliphatic heterocycles. The number of ether oxygens (including phenoxy) is 1. The van der Waals surface area contributed by atoms with E-state index >= 15 is 0 Å². The van der Waals surface area contributed by atoms with Gasteiger partial charge in [0.2, 0.25) is 11.8 Å². The molecule has 1 aliphatic rings. The molecule has 0 radical (unpaired) electrons. The molecule has 1 aromatic carbocycles.